The minimum Gasteiger partial charge on any atom is -0.496 e. The monoisotopic (exact) mass is 269 g/mol. The van der Waals surface area contributed by atoms with Crippen LogP contribution in [-0.2, 0) is 0 Å². The van der Waals surface area contributed by atoms with Crippen LogP contribution in [0.5, 0.6) is 5.75 Å². The van der Waals surface area contributed by atoms with Crippen molar-refractivity contribution in [1.29, 1.82) is 0 Å². The zero-order chi connectivity index (χ0) is 14.5. The quantitative estimate of drug-likeness (QED) is 0.886. The smallest absolute Gasteiger partial charge is 0.126 e. The van der Waals surface area contributed by atoms with Crippen LogP contribution in [0, 0.1) is 6.92 Å². The Morgan fingerprint density at radius 3 is 2.60 bits per heavy atom. The molecule has 0 saturated heterocycles. The van der Waals surface area contributed by atoms with E-state index in [1.165, 1.54) is 16.7 Å². The maximum atomic E-state index is 5.67. The summed E-state index contributed by atoms with van der Waals surface area (Å²) in [4.78, 5) is 0. The molecule has 2 aromatic carbocycles. The molecule has 0 aliphatic heterocycles. The lowest BCUT2D eigenvalue weighted by atomic mass is 9.93. The van der Waals surface area contributed by atoms with Gasteiger partial charge in [0.1, 0.15) is 5.75 Å². The Balaban J connectivity index is 2.46. The lowest BCUT2D eigenvalue weighted by molar-refractivity contribution is 0.416. The summed E-state index contributed by atoms with van der Waals surface area (Å²) >= 11 is 0. The minimum absolute atomic E-state index is 0.467. The first kappa shape index (κ1) is 14.6. The van der Waals surface area contributed by atoms with Crippen molar-refractivity contribution >= 4 is 0 Å². The Bertz CT molecular complexity index is 577. The molecule has 0 saturated carbocycles. The summed E-state index contributed by atoms with van der Waals surface area (Å²) < 4.78 is 5.51. The highest BCUT2D eigenvalue weighted by Crippen LogP contribution is 2.33. The van der Waals surface area contributed by atoms with Gasteiger partial charge in [-0.3, -0.25) is 0 Å². The Morgan fingerprint density at radius 2 is 1.95 bits per heavy atom. The van der Waals surface area contributed by atoms with Gasteiger partial charge in [0.05, 0.1) is 7.11 Å². The summed E-state index contributed by atoms with van der Waals surface area (Å²) in [5.41, 5.74) is 10.6. The largest absolute Gasteiger partial charge is 0.496 e. The topological polar surface area (TPSA) is 35.2 Å². The van der Waals surface area contributed by atoms with E-state index in [2.05, 4.69) is 56.3 Å². The molecular weight excluding hydrogens is 246 g/mol. The number of nitrogens with two attached hydrogens (primary N) is 1. The van der Waals surface area contributed by atoms with E-state index in [0.717, 1.165) is 17.7 Å². The van der Waals surface area contributed by atoms with Crippen molar-refractivity contribution in [2.45, 2.75) is 26.2 Å². The van der Waals surface area contributed by atoms with Gasteiger partial charge in [-0.2, -0.15) is 0 Å². The fourth-order valence-electron chi connectivity index (χ4n) is 2.49. The summed E-state index contributed by atoms with van der Waals surface area (Å²) in [6.07, 6.45) is 1.000. The number of hydrogen-bond donors (Lipinski definition) is 1. The summed E-state index contributed by atoms with van der Waals surface area (Å²) in [7, 11) is 1.72. The first-order chi connectivity index (χ1) is 9.65. The van der Waals surface area contributed by atoms with E-state index in [1.54, 1.807) is 7.11 Å². The minimum atomic E-state index is 0.467. The third-order valence-electron chi connectivity index (χ3n) is 3.72. The SMILES string of the molecule is COc1ccc(C(C)CCN)cc1-c1cccc(C)c1. The molecule has 0 spiro atoms. The number of benzene rings is 2. The predicted molar refractivity (Wildman–Crippen MR) is 85.3 cm³/mol. The van der Waals surface area contributed by atoms with E-state index >= 15 is 0 Å². The molecule has 1 unspecified atom stereocenters. The van der Waals surface area contributed by atoms with Gasteiger partial charge in [-0.05, 0) is 49.1 Å². The molecule has 0 heterocycles. The third kappa shape index (κ3) is 3.20. The second-order valence-electron chi connectivity index (χ2n) is 5.31. The van der Waals surface area contributed by atoms with Gasteiger partial charge < -0.3 is 10.5 Å². The zero-order valence-electron chi connectivity index (χ0n) is 12.5. The molecule has 2 nitrogen and oxygen atoms in total. The van der Waals surface area contributed by atoms with E-state index in [9.17, 15) is 0 Å². The molecular formula is C18H23NO. The van der Waals surface area contributed by atoms with Crippen LogP contribution in [0.4, 0.5) is 0 Å². The normalized spacial score (nSPS) is 12.2. The maximum Gasteiger partial charge on any atom is 0.126 e. The van der Waals surface area contributed by atoms with Gasteiger partial charge in [0.15, 0.2) is 0 Å². The molecule has 0 bridgehead atoms. The summed E-state index contributed by atoms with van der Waals surface area (Å²) in [5, 5.41) is 0. The van der Waals surface area contributed by atoms with Crippen molar-refractivity contribution in [2.75, 3.05) is 13.7 Å². The fraction of sp³-hybridized carbons (Fsp3) is 0.333. The number of hydrogen-bond acceptors (Lipinski definition) is 2. The van der Waals surface area contributed by atoms with Crippen LogP contribution in [0.2, 0.25) is 0 Å². The molecule has 2 aromatic rings. The van der Waals surface area contributed by atoms with Crippen molar-refractivity contribution < 1.29 is 4.74 Å². The zero-order valence-corrected chi connectivity index (χ0v) is 12.5. The Hall–Kier alpha value is -1.80. The second-order valence-corrected chi connectivity index (χ2v) is 5.31. The van der Waals surface area contributed by atoms with E-state index in [-0.39, 0.29) is 0 Å². The first-order valence-electron chi connectivity index (χ1n) is 7.10. The van der Waals surface area contributed by atoms with Crippen LogP contribution in [-0.4, -0.2) is 13.7 Å². The molecule has 2 rings (SSSR count). The summed E-state index contributed by atoms with van der Waals surface area (Å²) in [6, 6.07) is 14.9. The van der Waals surface area contributed by atoms with Crippen molar-refractivity contribution in [3.8, 4) is 16.9 Å². The van der Waals surface area contributed by atoms with E-state index in [4.69, 9.17) is 10.5 Å². The van der Waals surface area contributed by atoms with Gasteiger partial charge in [-0.1, -0.05) is 42.8 Å². The molecule has 20 heavy (non-hydrogen) atoms. The average Bonchev–Trinajstić information content (AvgIpc) is 2.47. The molecule has 0 radical (unpaired) electrons. The van der Waals surface area contributed by atoms with Crippen LogP contribution in [0.3, 0.4) is 0 Å². The highest BCUT2D eigenvalue weighted by Gasteiger charge is 2.11. The molecule has 0 fully saturated rings. The number of aryl methyl sites for hydroxylation is 1. The maximum absolute atomic E-state index is 5.67. The fourth-order valence-corrected chi connectivity index (χ4v) is 2.49. The van der Waals surface area contributed by atoms with Gasteiger partial charge in [-0.25, -0.2) is 0 Å². The highest BCUT2D eigenvalue weighted by atomic mass is 16.5. The van der Waals surface area contributed by atoms with Crippen LogP contribution >= 0.6 is 0 Å². The van der Waals surface area contributed by atoms with Crippen LogP contribution < -0.4 is 10.5 Å². The van der Waals surface area contributed by atoms with Gasteiger partial charge in [0.2, 0.25) is 0 Å². The van der Waals surface area contributed by atoms with Gasteiger partial charge in [0, 0.05) is 5.56 Å². The highest BCUT2D eigenvalue weighted by molar-refractivity contribution is 5.71. The Kier molecular flexibility index (Phi) is 4.80. The molecule has 0 amide bonds. The van der Waals surface area contributed by atoms with E-state index in [0.29, 0.717) is 12.5 Å². The lowest BCUT2D eigenvalue weighted by Crippen LogP contribution is -2.04. The standard InChI is InChI=1S/C18H23NO/c1-13-5-4-6-16(11-13)17-12-15(14(2)9-10-19)7-8-18(17)20-3/h4-8,11-12,14H,9-10,19H2,1-3H3. The van der Waals surface area contributed by atoms with Gasteiger partial charge >= 0.3 is 0 Å². The Labute approximate surface area is 121 Å². The van der Waals surface area contributed by atoms with Crippen molar-refractivity contribution in [2.24, 2.45) is 5.73 Å². The van der Waals surface area contributed by atoms with Crippen molar-refractivity contribution in [3.05, 3.63) is 53.6 Å². The molecule has 0 aliphatic carbocycles. The third-order valence-corrected chi connectivity index (χ3v) is 3.72. The summed E-state index contributed by atoms with van der Waals surface area (Å²) in [6.45, 7) is 5.04. The molecule has 2 heteroatoms. The number of methoxy groups -OCH3 is 1. The van der Waals surface area contributed by atoms with Crippen molar-refractivity contribution in [1.82, 2.24) is 0 Å². The first-order valence-corrected chi connectivity index (χ1v) is 7.10. The molecule has 0 aromatic heterocycles. The molecule has 0 aliphatic rings. The average molecular weight is 269 g/mol. The number of rotatable bonds is 5. The second kappa shape index (κ2) is 6.58. The predicted octanol–water partition coefficient (Wildman–Crippen LogP) is 4.12. The van der Waals surface area contributed by atoms with Crippen LogP contribution in [0.25, 0.3) is 11.1 Å². The lowest BCUT2D eigenvalue weighted by Gasteiger charge is -2.15. The van der Waals surface area contributed by atoms with Gasteiger partial charge in [-0.15, -0.1) is 0 Å². The van der Waals surface area contributed by atoms with E-state index in [1.807, 2.05) is 0 Å². The molecule has 2 N–H and O–H groups in total. The number of ether oxygens (including phenoxy) is 1. The van der Waals surface area contributed by atoms with Gasteiger partial charge in [0.25, 0.3) is 0 Å². The summed E-state index contributed by atoms with van der Waals surface area (Å²) in [5.74, 6) is 1.38. The molecule has 1 atom stereocenters. The van der Waals surface area contributed by atoms with Crippen LogP contribution in [0.15, 0.2) is 42.5 Å². The van der Waals surface area contributed by atoms with Crippen molar-refractivity contribution in [3.63, 3.8) is 0 Å². The van der Waals surface area contributed by atoms with Crippen LogP contribution in [0.1, 0.15) is 30.4 Å². The molecule has 106 valence electrons. The Morgan fingerprint density at radius 1 is 1.15 bits per heavy atom. The van der Waals surface area contributed by atoms with E-state index < -0.39 is 0 Å².